The third-order valence-electron chi connectivity index (χ3n) is 11.5. The number of para-hydroxylation sites is 4. The SMILES string of the molecule is CC(C)(C)c1cc(Cl)nc(-n2c3ccccc3c3ccc(Oc4cc(Nc5ccccc5Nc5c(-c6ccccc6)cccc5-c5ccccc5B(O)O)nc(C(C)(C)C)c4)cc32)c1. The molecule has 3 aromatic heterocycles. The summed E-state index contributed by atoms with van der Waals surface area (Å²) in [5, 5.41) is 30.8. The first-order valence-electron chi connectivity index (χ1n) is 21.4. The van der Waals surface area contributed by atoms with Gasteiger partial charge in [0.15, 0.2) is 0 Å². The lowest BCUT2D eigenvalue weighted by Gasteiger charge is -2.22. The molecule has 0 aliphatic heterocycles. The molecule has 0 radical (unpaired) electrons. The van der Waals surface area contributed by atoms with E-state index >= 15 is 0 Å². The molecule has 64 heavy (non-hydrogen) atoms. The molecule has 0 aliphatic rings. The molecule has 3 heterocycles. The Morgan fingerprint density at radius 3 is 1.97 bits per heavy atom. The maximum Gasteiger partial charge on any atom is 0.489 e. The minimum Gasteiger partial charge on any atom is -0.457 e. The number of ether oxygens (including phenoxy) is 1. The molecule has 0 spiro atoms. The molecule has 0 aliphatic carbocycles. The molecule has 0 amide bonds. The van der Waals surface area contributed by atoms with E-state index < -0.39 is 7.12 Å². The van der Waals surface area contributed by atoms with E-state index in [9.17, 15) is 10.0 Å². The van der Waals surface area contributed by atoms with Crippen molar-refractivity contribution in [3.8, 4) is 39.6 Å². The van der Waals surface area contributed by atoms with Crippen LogP contribution in [0.4, 0.5) is 22.9 Å². The number of hydrogen-bond donors (Lipinski definition) is 4. The van der Waals surface area contributed by atoms with Gasteiger partial charge in [0.05, 0.1) is 33.8 Å². The lowest BCUT2D eigenvalue weighted by atomic mass is 9.75. The fourth-order valence-electron chi connectivity index (χ4n) is 8.15. The maximum atomic E-state index is 10.4. The van der Waals surface area contributed by atoms with Gasteiger partial charge in [-0.1, -0.05) is 156 Å². The van der Waals surface area contributed by atoms with Crippen LogP contribution in [0.5, 0.6) is 11.5 Å². The molecule has 8 nitrogen and oxygen atoms in total. The second-order valence-corrected chi connectivity index (χ2v) is 18.5. The number of aromatic nitrogens is 3. The van der Waals surface area contributed by atoms with Crippen LogP contribution >= 0.6 is 11.6 Å². The molecule has 10 heteroatoms. The van der Waals surface area contributed by atoms with Crippen LogP contribution in [-0.2, 0) is 10.8 Å². The van der Waals surface area contributed by atoms with Crippen molar-refractivity contribution in [1.29, 1.82) is 0 Å². The molecule has 4 N–H and O–H groups in total. The van der Waals surface area contributed by atoms with Crippen LogP contribution in [0.1, 0.15) is 52.8 Å². The normalized spacial score (nSPS) is 11.8. The van der Waals surface area contributed by atoms with Gasteiger partial charge in [-0.25, -0.2) is 9.97 Å². The zero-order valence-electron chi connectivity index (χ0n) is 36.7. The van der Waals surface area contributed by atoms with E-state index in [1.165, 1.54) is 0 Å². The average molecular weight is 862 g/mol. The number of pyridine rings is 2. The largest absolute Gasteiger partial charge is 0.489 e. The van der Waals surface area contributed by atoms with Crippen molar-refractivity contribution in [2.45, 2.75) is 52.4 Å². The second kappa shape index (κ2) is 17.0. The van der Waals surface area contributed by atoms with Crippen molar-refractivity contribution in [1.82, 2.24) is 14.5 Å². The van der Waals surface area contributed by atoms with Crippen molar-refractivity contribution in [2.75, 3.05) is 10.6 Å². The Morgan fingerprint density at radius 1 is 0.562 bits per heavy atom. The standard InChI is InChI=1S/C54H49BClN5O3/c1-53(2,3)35-29-49(56)60-51(30-35)61-46-26-15-11-20-40(46)41-28-27-36(31-47(41)61)64-37-32-48(54(4,5)6)59-50(33-37)57-44-24-13-14-25-45(44)58-52-38(34-17-8-7-9-18-34)21-16-22-42(52)39-19-10-12-23-43(39)55(62)63/h7-33,58,62-63H,1-6H3,(H,57,59). The minimum atomic E-state index is -1.65. The van der Waals surface area contributed by atoms with E-state index in [0.29, 0.717) is 33.5 Å². The van der Waals surface area contributed by atoms with Gasteiger partial charge in [0.1, 0.15) is 28.3 Å². The summed E-state index contributed by atoms with van der Waals surface area (Å²) in [5.74, 6) is 2.64. The Labute approximate surface area is 379 Å². The molecule has 9 aromatic rings. The summed E-state index contributed by atoms with van der Waals surface area (Å²) in [6.45, 7) is 12.9. The first-order valence-corrected chi connectivity index (χ1v) is 21.8. The predicted molar refractivity (Wildman–Crippen MR) is 265 cm³/mol. The Kier molecular flexibility index (Phi) is 11.3. The highest BCUT2D eigenvalue weighted by Crippen LogP contribution is 2.42. The Hall–Kier alpha value is -6.91. The van der Waals surface area contributed by atoms with Crippen LogP contribution < -0.4 is 20.8 Å². The Bertz CT molecular complexity index is 3170. The van der Waals surface area contributed by atoms with E-state index in [-0.39, 0.29) is 10.8 Å². The van der Waals surface area contributed by atoms with Crippen molar-refractivity contribution in [3.63, 3.8) is 0 Å². The molecule has 0 saturated carbocycles. The van der Waals surface area contributed by atoms with Gasteiger partial charge in [-0.05, 0) is 70.0 Å². The molecule has 0 bridgehead atoms. The van der Waals surface area contributed by atoms with Gasteiger partial charge in [-0.3, -0.25) is 4.57 Å². The summed E-state index contributed by atoms with van der Waals surface area (Å²) in [7, 11) is -1.65. The average Bonchev–Trinajstić information content (AvgIpc) is 3.60. The summed E-state index contributed by atoms with van der Waals surface area (Å²) in [6, 6.07) is 54.0. The van der Waals surface area contributed by atoms with E-state index in [1.807, 2.05) is 97.1 Å². The predicted octanol–water partition coefficient (Wildman–Crippen LogP) is 13.1. The summed E-state index contributed by atoms with van der Waals surface area (Å²) in [4.78, 5) is 9.94. The van der Waals surface area contributed by atoms with Gasteiger partial charge in [0.2, 0.25) is 0 Å². The Morgan fingerprint density at radius 2 is 1.22 bits per heavy atom. The van der Waals surface area contributed by atoms with Crippen LogP contribution in [0.3, 0.4) is 0 Å². The monoisotopic (exact) mass is 861 g/mol. The van der Waals surface area contributed by atoms with Crippen LogP contribution in [0, 0.1) is 0 Å². The number of anilines is 4. The second-order valence-electron chi connectivity index (χ2n) is 18.1. The molecule has 6 aromatic carbocycles. The first kappa shape index (κ1) is 42.4. The number of nitrogens with zero attached hydrogens (tertiary/aromatic N) is 3. The van der Waals surface area contributed by atoms with E-state index in [0.717, 1.165) is 72.6 Å². The fraction of sp³-hybridized carbons (Fsp3) is 0.148. The molecule has 318 valence electrons. The molecular weight excluding hydrogens is 813 g/mol. The number of nitrogens with one attached hydrogen (secondary N) is 2. The third-order valence-corrected chi connectivity index (χ3v) is 11.6. The first-order chi connectivity index (χ1) is 30.7. The van der Waals surface area contributed by atoms with Gasteiger partial charge < -0.3 is 25.4 Å². The summed E-state index contributed by atoms with van der Waals surface area (Å²) in [5.41, 5.74) is 9.78. The van der Waals surface area contributed by atoms with E-state index in [1.54, 1.807) is 12.1 Å². The van der Waals surface area contributed by atoms with Crippen LogP contribution in [-0.4, -0.2) is 31.7 Å². The number of benzene rings is 6. The van der Waals surface area contributed by atoms with Gasteiger partial charge >= 0.3 is 7.12 Å². The van der Waals surface area contributed by atoms with Gasteiger partial charge in [0, 0.05) is 45.5 Å². The highest BCUT2D eigenvalue weighted by molar-refractivity contribution is 6.60. The topological polar surface area (TPSA) is 104 Å². The minimum absolute atomic E-state index is 0.130. The highest BCUT2D eigenvalue weighted by Gasteiger charge is 2.23. The van der Waals surface area contributed by atoms with Crippen LogP contribution in [0.15, 0.2) is 164 Å². The number of hydrogen-bond acceptors (Lipinski definition) is 7. The van der Waals surface area contributed by atoms with Gasteiger partial charge in [0.25, 0.3) is 0 Å². The summed E-state index contributed by atoms with van der Waals surface area (Å²) < 4.78 is 8.94. The van der Waals surface area contributed by atoms with Crippen molar-refractivity contribution >= 4 is 68.9 Å². The van der Waals surface area contributed by atoms with Crippen molar-refractivity contribution in [2.24, 2.45) is 0 Å². The molecular formula is C54H49BClN5O3. The lowest BCUT2D eigenvalue weighted by Crippen LogP contribution is -2.31. The van der Waals surface area contributed by atoms with E-state index in [4.69, 9.17) is 26.3 Å². The number of halogens is 1. The zero-order chi connectivity index (χ0) is 44.8. The third kappa shape index (κ3) is 8.58. The lowest BCUT2D eigenvalue weighted by molar-refractivity contribution is 0.426. The van der Waals surface area contributed by atoms with Gasteiger partial charge in [-0.2, -0.15) is 0 Å². The van der Waals surface area contributed by atoms with Crippen LogP contribution in [0.25, 0.3) is 49.9 Å². The summed E-state index contributed by atoms with van der Waals surface area (Å²) >= 11 is 6.69. The number of fused-ring (bicyclic) bond motifs is 3. The van der Waals surface area contributed by atoms with E-state index in [2.05, 4.69) is 111 Å². The fourth-order valence-corrected chi connectivity index (χ4v) is 8.36. The molecule has 0 fully saturated rings. The molecule has 9 rings (SSSR count). The summed E-state index contributed by atoms with van der Waals surface area (Å²) in [6.07, 6.45) is 0. The van der Waals surface area contributed by atoms with Crippen molar-refractivity contribution < 1.29 is 14.8 Å². The number of rotatable bonds is 10. The smallest absolute Gasteiger partial charge is 0.457 e. The molecule has 0 atom stereocenters. The molecule has 0 unspecified atom stereocenters. The quantitative estimate of drug-likeness (QED) is 0.0802. The van der Waals surface area contributed by atoms with Crippen LogP contribution in [0.2, 0.25) is 5.15 Å². The maximum absolute atomic E-state index is 10.4. The Balaban J connectivity index is 1.11. The highest BCUT2D eigenvalue weighted by atomic mass is 35.5. The molecule has 0 saturated heterocycles. The zero-order valence-corrected chi connectivity index (χ0v) is 37.4. The van der Waals surface area contributed by atoms with Crippen molar-refractivity contribution in [3.05, 3.63) is 180 Å². The van der Waals surface area contributed by atoms with Gasteiger partial charge in [-0.15, -0.1) is 0 Å².